The summed E-state index contributed by atoms with van der Waals surface area (Å²) in [6, 6.07) is 26.7. The van der Waals surface area contributed by atoms with E-state index >= 15 is 0 Å². The van der Waals surface area contributed by atoms with Gasteiger partial charge in [-0.3, -0.25) is 4.79 Å². The Morgan fingerprint density at radius 1 is 0.722 bits per heavy atom. The molecule has 0 amide bonds. The van der Waals surface area contributed by atoms with Crippen molar-refractivity contribution in [2.24, 2.45) is 10.8 Å². The lowest BCUT2D eigenvalue weighted by Crippen LogP contribution is -2.39. The molecule has 0 aliphatic carbocycles. The Balaban J connectivity index is 2.09. The molecule has 1 atom stereocenters. The van der Waals surface area contributed by atoms with E-state index in [9.17, 15) is 4.79 Å². The zero-order valence-electron chi connectivity index (χ0n) is 22.8. The molecule has 0 fully saturated rings. The maximum Gasteiger partial charge on any atom is 0.135 e. The fraction of sp³-hybridized carbons (Fsp3) is 0.406. The molecule has 0 radical (unpaired) electrons. The van der Waals surface area contributed by atoms with E-state index in [4.69, 9.17) is 14.2 Å². The summed E-state index contributed by atoms with van der Waals surface area (Å²) in [4.78, 5) is 12.3. The van der Waals surface area contributed by atoms with Crippen molar-refractivity contribution in [3.05, 3.63) is 95.6 Å². The first-order valence-electron chi connectivity index (χ1n) is 12.5. The van der Waals surface area contributed by atoms with Crippen molar-refractivity contribution in [1.29, 1.82) is 0 Å². The van der Waals surface area contributed by atoms with Gasteiger partial charge in [-0.15, -0.1) is 0 Å². The van der Waals surface area contributed by atoms with Crippen LogP contribution in [0.1, 0.15) is 57.7 Å². The molecule has 0 saturated carbocycles. The highest BCUT2D eigenvalue weighted by molar-refractivity contribution is 5.81. The van der Waals surface area contributed by atoms with Crippen LogP contribution < -0.4 is 9.47 Å². The van der Waals surface area contributed by atoms with Crippen molar-refractivity contribution in [3.63, 3.8) is 0 Å². The van der Waals surface area contributed by atoms with Gasteiger partial charge in [0.25, 0.3) is 0 Å². The summed E-state index contributed by atoms with van der Waals surface area (Å²) in [5.74, 6) is 1.81. The van der Waals surface area contributed by atoms with Crippen LogP contribution in [0.3, 0.4) is 0 Å². The van der Waals surface area contributed by atoms with E-state index in [2.05, 4.69) is 62.4 Å². The summed E-state index contributed by atoms with van der Waals surface area (Å²) >= 11 is 0. The number of carbonyl (C=O) groups is 1. The normalized spacial score (nSPS) is 13.6. The molecule has 0 N–H and O–H groups in total. The van der Waals surface area contributed by atoms with Gasteiger partial charge in [0, 0.05) is 11.8 Å². The minimum Gasteiger partial charge on any atom is -0.497 e. The summed E-state index contributed by atoms with van der Waals surface area (Å²) in [6.07, 6.45) is 1.37. The van der Waals surface area contributed by atoms with Crippen LogP contribution in [-0.2, 0) is 21.6 Å². The number of ketones is 1. The topological polar surface area (TPSA) is 44.8 Å². The average molecular weight is 489 g/mol. The molecule has 0 bridgehead atoms. The van der Waals surface area contributed by atoms with Crippen LogP contribution >= 0.6 is 0 Å². The van der Waals surface area contributed by atoms with Gasteiger partial charge in [0.1, 0.15) is 22.9 Å². The highest BCUT2D eigenvalue weighted by atomic mass is 16.5. The highest BCUT2D eigenvalue weighted by Gasteiger charge is 2.39. The third-order valence-corrected chi connectivity index (χ3v) is 6.99. The van der Waals surface area contributed by atoms with E-state index in [1.54, 1.807) is 21.1 Å². The molecular weight excluding hydrogens is 448 g/mol. The Morgan fingerprint density at radius 2 is 1.22 bits per heavy atom. The molecule has 0 aliphatic heterocycles. The summed E-state index contributed by atoms with van der Waals surface area (Å²) in [7, 11) is 3.35. The molecule has 192 valence electrons. The summed E-state index contributed by atoms with van der Waals surface area (Å²) in [5.41, 5.74) is 1.89. The smallest absolute Gasteiger partial charge is 0.135 e. The molecular formula is C32H40O4. The van der Waals surface area contributed by atoms with Crippen LogP contribution in [0.5, 0.6) is 11.5 Å². The molecule has 0 heterocycles. The van der Waals surface area contributed by atoms with Crippen molar-refractivity contribution in [2.45, 2.75) is 53.1 Å². The largest absolute Gasteiger partial charge is 0.497 e. The molecule has 1 unspecified atom stereocenters. The van der Waals surface area contributed by atoms with Crippen molar-refractivity contribution < 1.29 is 19.0 Å². The van der Waals surface area contributed by atoms with Crippen LogP contribution in [0.4, 0.5) is 0 Å². The Hall–Kier alpha value is -3.11. The predicted octanol–water partition coefficient (Wildman–Crippen LogP) is 7.24. The van der Waals surface area contributed by atoms with Crippen LogP contribution in [0.2, 0.25) is 0 Å². The third kappa shape index (κ3) is 6.55. The first-order chi connectivity index (χ1) is 17.0. The van der Waals surface area contributed by atoms with Crippen molar-refractivity contribution in [2.75, 3.05) is 20.8 Å². The minimum absolute atomic E-state index is 0.193. The first kappa shape index (κ1) is 27.5. The summed E-state index contributed by atoms with van der Waals surface area (Å²) in [5, 5.41) is 0. The zero-order chi connectivity index (χ0) is 26.4. The quantitative estimate of drug-likeness (QED) is 0.270. The SMILES string of the molecule is COc1ccc(CC(OCC(C)(C)CC(C)(C)C(C)=O)(c2ccccc2)c2ccc(OC)cc2)cc1. The number of hydrogen-bond acceptors (Lipinski definition) is 4. The van der Waals surface area contributed by atoms with Gasteiger partial charge in [-0.1, -0.05) is 82.3 Å². The van der Waals surface area contributed by atoms with Crippen LogP contribution in [-0.4, -0.2) is 26.6 Å². The van der Waals surface area contributed by atoms with Crippen LogP contribution in [0.25, 0.3) is 0 Å². The molecule has 3 aromatic rings. The number of ether oxygens (including phenoxy) is 3. The lowest BCUT2D eigenvalue weighted by Gasteiger charge is -2.40. The van der Waals surface area contributed by atoms with Gasteiger partial charge in [0.15, 0.2) is 0 Å². The number of benzene rings is 3. The van der Waals surface area contributed by atoms with E-state index in [1.807, 2.05) is 44.2 Å². The molecule has 0 aromatic heterocycles. The molecule has 3 rings (SSSR count). The Labute approximate surface area is 216 Å². The minimum atomic E-state index is -0.736. The summed E-state index contributed by atoms with van der Waals surface area (Å²) in [6.45, 7) is 10.5. The fourth-order valence-corrected chi connectivity index (χ4v) is 4.88. The van der Waals surface area contributed by atoms with Gasteiger partial charge in [0.2, 0.25) is 0 Å². The average Bonchev–Trinajstić information content (AvgIpc) is 2.87. The van der Waals surface area contributed by atoms with Gasteiger partial charge in [-0.05, 0) is 59.7 Å². The van der Waals surface area contributed by atoms with Crippen molar-refractivity contribution in [3.8, 4) is 11.5 Å². The molecule has 4 nitrogen and oxygen atoms in total. The lowest BCUT2D eigenvalue weighted by atomic mass is 9.73. The molecule has 0 saturated heterocycles. The second-order valence-corrected chi connectivity index (χ2v) is 11.0. The van der Waals surface area contributed by atoms with Crippen LogP contribution in [0, 0.1) is 10.8 Å². The van der Waals surface area contributed by atoms with Gasteiger partial charge in [-0.2, -0.15) is 0 Å². The van der Waals surface area contributed by atoms with E-state index in [0.717, 1.165) is 34.6 Å². The van der Waals surface area contributed by atoms with E-state index in [-0.39, 0.29) is 11.2 Å². The molecule has 0 aliphatic rings. The number of methoxy groups -OCH3 is 2. The molecule has 4 heteroatoms. The zero-order valence-corrected chi connectivity index (χ0v) is 22.8. The molecule has 0 spiro atoms. The first-order valence-corrected chi connectivity index (χ1v) is 12.5. The Bertz CT molecular complexity index is 1120. The second kappa shape index (κ2) is 11.3. The highest BCUT2D eigenvalue weighted by Crippen LogP contribution is 2.42. The number of carbonyl (C=O) groups excluding carboxylic acids is 1. The van der Waals surface area contributed by atoms with E-state index in [1.165, 1.54) is 0 Å². The number of Topliss-reactive ketones (excluding diaryl/α,β-unsaturated/α-hetero) is 1. The van der Waals surface area contributed by atoms with Gasteiger partial charge in [0.05, 0.1) is 20.8 Å². The Kier molecular flexibility index (Phi) is 8.63. The van der Waals surface area contributed by atoms with Crippen molar-refractivity contribution in [1.82, 2.24) is 0 Å². The van der Waals surface area contributed by atoms with Gasteiger partial charge in [-0.25, -0.2) is 0 Å². The van der Waals surface area contributed by atoms with Gasteiger partial charge < -0.3 is 14.2 Å². The van der Waals surface area contributed by atoms with Crippen molar-refractivity contribution >= 4 is 5.78 Å². The maximum atomic E-state index is 12.3. The monoisotopic (exact) mass is 488 g/mol. The van der Waals surface area contributed by atoms with E-state index in [0.29, 0.717) is 13.0 Å². The number of hydrogen-bond donors (Lipinski definition) is 0. The van der Waals surface area contributed by atoms with E-state index < -0.39 is 11.0 Å². The van der Waals surface area contributed by atoms with Gasteiger partial charge >= 0.3 is 0 Å². The molecule has 3 aromatic carbocycles. The van der Waals surface area contributed by atoms with Crippen LogP contribution in [0.15, 0.2) is 78.9 Å². The Morgan fingerprint density at radius 3 is 1.72 bits per heavy atom. The maximum absolute atomic E-state index is 12.3. The summed E-state index contributed by atoms with van der Waals surface area (Å²) < 4.78 is 17.9. The predicted molar refractivity (Wildman–Crippen MR) is 146 cm³/mol. The fourth-order valence-electron chi connectivity index (χ4n) is 4.88. The second-order valence-electron chi connectivity index (χ2n) is 11.0. The molecule has 36 heavy (non-hydrogen) atoms. The number of rotatable bonds is 12. The standard InChI is InChI=1S/C32H40O4/c1-24(33)31(4,5)22-30(2,3)23-36-32(26-11-9-8-10-12-26,27-15-19-29(35-7)20-16-27)21-25-13-17-28(34-6)18-14-25/h8-20H,21-23H2,1-7H3. The lowest BCUT2D eigenvalue weighted by molar-refractivity contribution is -0.128. The third-order valence-electron chi connectivity index (χ3n) is 6.99.